The second-order valence-electron chi connectivity index (χ2n) is 10.6. The van der Waals surface area contributed by atoms with Gasteiger partial charge in [-0.1, -0.05) is 20.4 Å². The Balaban J connectivity index is 1.42. The SMILES string of the molecule is C=C(CC)c1cc(-c2cncc(NC(=O)CC)c2)cc2c(C3=NC4C=CN=C(c5ccc(C(C)=O)s5)C4(C)N3)[nH]nc12. The fourth-order valence-corrected chi connectivity index (χ4v) is 6.34. The van der Waals surface area contributed by atoms with Crippen molar-refractivity contribution < 1.29 is 9.59 Å². The van der Waals surface area contributed by atoms with E-state index >= 15 is 0 Å². The molecule has 0 saturated heterocycles. The van der Waals surface area contributed by atoms with E-state index in [0.29, 0.717) is 22.8 Å². The van der Waals surface area contributed by atoms with Crippen molar-refractivity contribution in [1.29, 1.82) is 0 Å². The molecule has 0 spiro atoms. The minimum absolute atomic E-state index is 0.0360. The first-order valence-corrected chi connectivity index (χ1v) is 14.7. The molecule has 6 rings (SSSR count). The molecule has 42 heavy (non-hydrogen) atoms. The second kappa shape index (κ2) is 10.6. The Morgan fingerprint density at radius 3 is 2.69 bits per heavy atom. The number of hydrogen-bond acceptors (Lipinski definition) is 8. The maximum atomic E-state index is 12.0. The van der Waals surface area contributed by atoms with Crippen LogP contribution >= 0.6 is 11.3 Å². The van der Waals surface area contributed by atoms with Crippen molar-refractivity contribution in [3.8, 4) is 11.1 Å². The van der Waals surface area contributed by atoms with E-state index in [1.807, 2.05) is 31.2 Å². The van der Waals surface area contributed by atoms with Crippen LogP contribution in [0.3, 0.4) is 0 Å². The normalized spacial score (nSPS) is 19.2. The van der Waals surface area contributed by atoms with E-state index in [1.165, 1.54) is 11.3 Å². The molecule has 0 saturated carbocycles. The first-order valence-electron chi connectivity index (χ1n) is 13.9. The van der Waals surface area contributed by atoms with Gasteiger partial charge in [-0.2, -0.15) is 5.10 Å². The summed E-state index contributed by atoms with van der Waals surface area (Å²) in [6.07, 6.45) is 8.34. The summed E-state index contributed by atoms with van der Waals surface area (Å²) in [6.45, 7) is 11.9. The summed E-state index contributed by atoms with van der Waals surface area (Å²) in [5, 5.41) is 15.4. The van der Waals surface area contributed by atoms with E-state index in [2.05, 4.69) is 53.3 Å². The number of H-pyrrole nitrogens is 1. The van der Waals surface area contributed by atoms with E-state index < -0.39 is 5.54 Å². The molecule has 2 aliphatic rings. The third kappa shape index (κ3) is 4.67. The van der Waals surface area contributed by atoms with E-state index in [9.17, 15) is 9.59 Å². The highest BCUT2D eigenvalue weighted by Crippen LogP contribution is 2.37. The van der Waals surface area contributed by atoms with Gasteiger partial charge in [0.25, 0.3) is 0 Å². The number of aromatic nitrogens is 3. The number of carbonyl (C=O) groups is 2. The lowest BCUT2D eigenvalue weighted by molar-refractivity contribution is -0.115. The number of fused-ring (bicyclic) bond motifs is 2. The lowest BCUT2D eigenvalue weighted by Gasteiger charge is -2.32. The standard InChI is InChI=1S/C32H31N7O2S/c1-6-17(3)22-13-19(20-12-21(16-33-15-20)35-27(41)7-2)14-23-28(22)38-39-29(23)31-36-26-10-11-34-30(32(26,5)37-31)25-9-8-24(42-25)18(4)40/h8-16,26H,3,6-7H2,1-2,4-5H3,(H,35,41)(H,36,37)(H,38,39). The summed E-state index contributed by atoms with van der Waals surface area (Å²) >= 11 is 1.44. The average molecular weight is 578 g/mol. The Labute approximate surface area is 247 Å². The Bertz CT molecular complexity index is 1860. The van der Waals surface area contributed by atoms with E-state index in [-0.39, 0.29) is 17.7 Å². The summed E-state index contributed by atoms with van der Waals surface area (Å²) in [6, 6.07) is 9.67. The topological polar surface area (TPSA) is 124 Å². The predicted molar refractivity (Wildman–Crippen MR) is 169 cm³/mol. The zero-order chi connectivity index (χ0) is 29.6. The van der Waals surface area contributed by atoms with Gasteiger partial charge < -0.3 is 10.6 Å². The number of benzene rings is 1. The number of ketones is 1. The molecule has 2 atom stereocenters. The molecule has 2 unspecified atom stereocenters. The summed E-state index contributed by atoms with van der Waals surface area (Å²) in [5.74, 6) is 0.646. The van der Waals surface area contributed by atoms with Gasteiger partial charge in [-0.15, -0.1) is 11.3 Å². The molecule has 3 N–H and O–H groups in total. The molecule has 0 aliphatic carbocycles. The predicted octanol–water partition coefficient (Wildman–Crippen LogP) is 6.15. The van der Waals surface area contributed by atoms with Gasteiger partial charge in [-0.3, -0.25) is 29.7 Å². The smallest absolute Gasteiger partial charge is 0.224 e. The van der Waals surface area contributed by atoms with Crippen LogP contribution in [0.2, 0.25) is 0 Å². The van der Waals surface area contributed by atoms with Gasteiger partial charge in [-0.05, 0) is 67.8 Å². The third-order valence-electron chi connectivity index (χ3n) is 7.77. The van der Waals surface area contributed by atoms with E-state index in [0.717, 1.165) is 55.9 Å². The van der Waals surface area contributed by atoms with Crippen LogP contribution in [0.1, 0.15) is 66.3 Å². The van der Waals surface area contributed by atoms with Crippen LogP contribution in [0.15, 0.2) is 71.6 Å². The monoisotopic (exact) mass is 577 g/mol. The number of amidine groups is 1. The summed E-state index contributed by atoms with van der Waals surface area (Å²) in [4.78, 5) is 39.8. The number of carbonyl (C=O) groups excluding carboxylic acids is 2. The number of allylic oxidation sites excluding steroid dienone is 1. The summed E-state index contributed by atoms with van der Waals surface area (Å²) in [5.41, 5.74) is 6.13. The van der Waals surface area contributed by atoms with Crippen LogP contribution in [0.4, 0.5) is 5.69 Å². The minimum Gasteiger partial charge on any atom is -0.355 e. The third-order valence-corrected chi connectivity index (χ3v) is 8.96. The second-order valence-corrected chi connectivity index (χ2v) is 11.7. The van der Waals surface area contributed by atoms with Gasteiger partial charge in [0.15, 0.2) is 5.78 Å². The summed E-state index contributed by atoms with van der Waals surface area (Å²) < 4.78 is 0. The number of Topliss-reactive ketones (excluding diaryl/α,β-unsaturated/α-hetero) is 1. The van der Waals surface area contributed by atoms with Gasteiger partial charge in [0.2, 0.25) is 5.91 Å². The lowest BCUT2D eigenvalue weighted by Crippen LogP contribution is -2.55. The molecule has 0 radical (unpaired) electrons. The molecule has 1 aromatic carbocycles. The number of nitrogens with zero attached hydrogens (tertiary/aromatic N) is 4. The average Bonchev–Trinajstić information content (AvgIpc) is 3.72. The number of thiophene rings is 1. The minimum atomic E-state index is -0.608. The Kier molecular flexibility index (Phi) is 6.94. The highest BCUT2D eigenvalue weighted by atomic mass is 32.1. The van der Waals surface area contributed by atoms with Crippen molar-refractivity contribution in [2.75, 3.05) is 5.32 Å². The van der Waals surface area contributed by atoms with Crippen molar-refractivity contribution in [2.24, 2.45) is 9.98 Å². The van der Waals surface area contributed by atoms with Crippen LogP contribution in [-0.4, -0.2) is 50.0 Å². The molecule has 0 fully saturated rings. The largest absolute Gasteiger partial charge is 0.355 e. The number of rotatable bonds is 8. The van der Waals surface area contributed by atoms with Crippen LogP contribution in [0.25, 0.3) is 27.6 Å². The molecular formula is C32H31N7O2S. The Morgan fingerprint density at radius 2 is 1.95 bits per heavy atom. The fourth-order valence-electron chi connectivity index (χ4n) is 5.33. The lowest BCUT2D eigenvalue weighted by atomic mass is 9.85. The van der Waals surface area contributed by atoms with Crippen molar-refractivity contribution >= 4 is 56.7 Å². The quantitative estimate of drug-likeness (QED) is 0.217. The van der Waals surface area contributed by atoms with Gasteiger partial charge in [0.1, 0.15) is 28.6 Å². The first-order chi connectivity index (χ1) is 20.2. The van der Waals surface area contributed by atoms with Gasteiger partial charge >= 0.3 is 0 Å². The molecule has 4 aromatic rings. The van der Waals surface area contributed by atoms with Crippen LogP contribution in [-0.2, 0) is 4.79 Å². The van der Waals surface area contributed by atoms with Crippen molar-refractivity contribution in [3.05, 3.63) is 82.6 Å². The maximum absolute atomic E-state index is 12.0. The first kappa shape index (κ1) is 27.5. The number of hydrogen-bond donors (Lipinski definition) is 3. The van der Waals surface area contributed by atoms with Crippen LogP contribution in [0, 0.1) is 0 Å². The molecule has 3 aromatic heterocycles. The highest BCUT2D eigenvalue weighted by molar-refractivity contribution is 7.16. The molecule has 212 valence electrons. The van der Waals surface area contributed by atoms with Crippen LogP contribution in [0.5, 0.6) is 0 Å². The number of aliphatic imine (C=N–C) groups is 2. The highest BCUT2D eigenvalue weighted by Gasteiger charge is 2.46. The molecule has 10 heteroatoms. The molecule has 2 aliphatic heterocycles. The number of aromatic amines is 1. The number of pyridine rings is 1. The van der Waals surface area contributed by atoms with Crippen LogP contribution < -0.4 is 10.6 Å². The van der Waals surface area contributed by atoms with E-state index in [1.54, 1.807) is 25.5 Å². The molecular weight excluding hydrogens is 546 g/mol. The fraction of sp³-hybridized carbons (Fsp3) is 0.250. The Hall–Kier alpha value is -4.70. The number of nitrogens with one attached hydrogen (secondary N) is 3. The zero-order valence-electron chi connectivity index (χ0n) is 23.9. The molecule has 1 amide bonds. The Morgan fingerprint density at radius 1 is 1.12 bits per heavy atom. The van der Waals surface area contributed by atoms with E-state index in [4.69, 9.17) is 15.1 Å². The van der Waals surface area contributed by atoms with Crippen molar-refractivity contribution in [1.82, 2.24) is 20.5 Å². The van der Waals surface area contributed by atoms with Gasteiger partial charge in [0.05, 0.1) is 27.4 Å². The number of amides is 1. The van der Waals surface area contributed by atoms with Gasteiger partial charge in [-0.25, -0.2) is 0 Å². The molecule has 9 nitrogen and oxygen atoms in total. The number of anilines is 1. The molecule has 0 bridgehead atoms. The van der Waals surface area contributed by atoms with Crippen molar-refractivity contribution in [2.45, 2.75) is 52.1 Å². The van der Waals surface area contributed by atoms with Crippen molar-refractivity contribution in [3.63, 3.8) is 0 Å². The molecule has 5 heterocycles. The summed E-state index contributed by atoms with van der Waals surface area (Å²) in [7, 11) is 0. The zero-order valence-corrected chi connectivity index (χ0v) is 24.7. The maximum Gasteiger partial charge on any atom is 0.224 e. The van der Waals surface area contributed by atoms with Gasteiger partial charge in [0, 0.05) is 35.3 Å².